The number of methoxy groups -OCH3 is 1. The highest BCUT2D eigenvalue weighted by Crippen LogP contribution is 2.50. The molecule has 12 heteroatoms. The molecule has 2 aromatic carbocycles. The van der Waals surface area contributed by atoms with Gasteiger partial charge in [-0.25, -0.2) is 9.97 Å². The van der Waals surface area contributed by atoms with Crippen LogP contribution in [0.5, 0.6) is 5.75 Å². The highest BCUT2D eigenvalue weighted by molar-refractivity contribution is 7.72. The number of halogens is 3. The van der Waals surface area contributed by atoms with Crippen molar-refractivity contribution in [1.29, 1.82) is 0 Å². The van der Waals surface area contributed by atoms with Gasteiger partial charge in [-0.3, -0.25) is 4.79 Å². The number of carbonyl (C=O) groups is 1. The third-order valence-electron chi connectivity index (χ3n) is 7.84. The second-order valence-corrected chi connectivity index (χ2v) is 13.9. The number of ether oxygens (including phenoxy) is 1. The number of nitrogens with two attached hydrogens (primary N) is 1. The number of aryl methyl sites for hydroxylation is 1. The Morgan fingerprint density at radius 2 is 1.82 bits per heavy atom. The zero-order valence-electron chi connectivity index (χ0n) is 22.9. The van der Waals surface area contributed by atoms with Crippen molar-refractivity contribution in [1.82, 2.24) is 14.9 Å². The Balaban J connectivity index is 1.52. The Bertz CT molecular complexity index is 1530. The van der Waals surface area contributed by atoms with Gasteiger partial charge in [0.05, 0.1) is 29.5 Å². The molecule has 2 fully saturated rings. The van der Waals surface area contributed by atoms with Crippen LogP contribution in [0.4, 0.5) is 24.7 Å². The quantitative estimate of drug-likeness (QED) is 0.304. The van der Waals surface area contributed by atoms with Crippen LogP contribution in [0.15, 0.2) is 24.3 Å². The van der Waals surface area contributed by atoms with Crippen LogP contribution in [0.1, 0.15) is 48.3 Å². The molecule has 1 saturated heterocycles. The molecule has 2 aliphatic rings. The van der Waals surface area contributed by atoms with E-state index in [0.29, 0.717) is 64.6 Å². The van der Waals surface area contributed by atoms with Crippen molar-refractivity contribution in [2.45, 2.75) is 45.8 Å². The summed E-state index contributed by atoms with van der Waals surface area (Å²) in [6, 6.07) is 5.39. The first kappa shape index (κ1) is 28.2. The summed E-state index contributed by atoms with van der Waals surface area (Å²) in [6.07, 6.45) is -2.00. The van der Waals surface area contributed by atoms with Gasteiger partial charge in [0.1, 0.15) is 24.5 Å². The van der Waals surface area contributed by atoms with Crippen molar-refractivity contribution in [3.05, 3.63) is 46.8 Å². The zero-order chi connectivity index (χ0) is 29.0. The summed E-state index contributed by atoms with van der Waals surface area (Å²) in [5, 5.41) is 4.39. The van der Waals surface area contributed by atoms with E-state index < -0.39 is 24.9 Å². The number of amides is 1. The van der Waals surface area contributed by atoms with Gasteiger partial charge in [-0.15, -0.1) is 0 Å². The Labute approximate surface area is 230 Å². The number of fused-ring (bicyclic) bond motifs is 1. The summed E-state index contributed by atoms with van der Waals surface area (Å²) < 4.78 is 60.8. The molecule has 40 heavy (non-hydrogen) atoms. The molecule has 3 aromatic rings. The van der Waals surface area contributed by atoms with Gasteiger partial charge >= 0.3 is 6.18 Å². The molecule has 0 spiro atoms. The maximum absolute atomic E-state index is 14.2. The topological polar surface area (TPSA) is 110 Å². The Morgan fingerprint density at radius 1 is 1.15 bits per heavy atom. The number of hydrogen-bond acceptors (Lipinski definition) is 7. The summed E-state index contributed by atoms with van der Waals surface area (Å²) in [6.45, 7) is 5.74. The molecule has 1 aliphatic heterocycles. The molecule has 0 radical (unpaired) electrons. The van der Waals surface area contributed by atoms with E-state index in [-0.39, 0.29) is 23.1 Å². The number of alkyl halides is 3. The Morgan fingerprint density at radius 3 is 2.42 bits per heavy atom. The van der Waals surface area contributed by atoms with Crippen LogP contribution in [0.2, 0.25) is 0 Å². The van der Waals surface area contributed by atoms with Gasteiger partial charge in [0.15, 0.2) is 0 Å². The molecule has 0 unspecified atom stereocenters. The third-order valence-corrected chi connectivity index (χ3v) is 10.9. The summed E-state index contributed by atoms with van der Waals surface area (Å²) in [7, 11) is -1.40. The van der Waals surface area contributed by atoms with Gasteiger partial charge in [-0.05, 0) is 62.9 Å². The Hall–Kier alpha value is -3.33. The number of nitrogens with one attached hydrogen (secondary N) is 1. The average Bonchev–Trinajstić information content (AvgIpc) is 3.74. The molecule has 2 heterocycles. The van der Waals surface area contributed by atoms with Crippen molar-refractivity contribution in [3.63, 3.8) is 0 Å². The van der Waals surface area contributed by atoms with Crippen LogP contribution >= 0.6 is 7.14 Å². The molecule has 1 atom stereocenters. The van der Waals surface area contributed by atoms with Gasteiger partial charge in [0.2, 0.25) is 5.91 Å². The maximum atomic E-state index is 14.2. The molecule has 5 rings (SSSR count). The number of nitrogens with zero attached hydrogens (tertiary/aromatic N) is 3. The van der Waals surface area contributed by atoms with Crippen molar-refractivity contribution < 1.29 is 27.3 Å². The summed E-state index contributed by atoms with van der Waals surface area (Å²) in [5.41, 5.74) is 6.11. The molecule has 1 amide bonds. The SMILES string of the molecule is COc1cc2nc(C)nc(N[C@H](C)c3cc(N)cc(C(F)(F)F)c3C)c2cc1P1(=O)CCN(C(=O)C2CC2)CC1. The molecule has 1 aromatic heterocycles. The fourth-order valence-corrected chi connectivity index (χ4v) is 8.23. The molecule has 214 valence electrons. The van der Waals surface area contributed by atoms with Crippen molar-refractivity contribution in [3.8, 4) is 5.75 Å². The van der Waals surface area contributed by atoms with E-state index in [2.05, 4.69) is 15.3 Å². The van der Waals surface area contributed by atoms with Crippen molar-refractivity contribution >= 4 is 40.8 Å². The van der Waals surface area contributed by atoms with Crippen LogP contribution in [0.3, 0.4) is 0 Å². The van der Waals surface area contributed by atoms with Gasteiger partial charge in [0, 0.05) is 48.5 Å². The lowest BCUT2D eigenvalue weighted by molar-refractivity contribution is -0.138. The number of carbonyl (C=O) groups excluding carboxylic acids is 1. The molecule has 3 N–H and O–H groups in total. The Kier molecular flexibility index (Phi) is 7.23. The standard InChI is InChI=1S/C28H33F3N5O3P/c1-15-20(11-19(32)12-22(15)28(29,30)31)16(2)33-26-21-13-25(24(39-4)14-23(21)34-17(3)35-26)40(38)9-7-36(8-10-40)27(37)18-5-6-18/h11-14,16,18H,5-10,32H2,1-4H3,(H,33,34,35)/t16-/m1/s1. The molecular weight excluding hydrogens is 542 g/mol. The smallest absolute Gasteiger partial charge is 0.416 e. The minimum atomic E-state index is -4.54. The second kappa shape index (κ2) is 10.3. The monoisotopic (exact) mass is 575 g/mol. The van der Waals surface area contributed by atoms with E-state index >= 15 is 0 Å². The van der Waals surface area contributed by atoms with Gasteiger partial charge in [-0.2, -0.15) is 13.2 Å². The summed E-state index contributed by atoms with van der Waals surface area (Å²) in [5.74, 6) is 1.57. The van der Waals surface area contributed by atoms with Crippen LogP contribution in [0, 0.1) is 19.8 Å². The fraction of sp³-hybridized carbons (Fsp3) is 0.464. The predicted octanol–water partition coefficient (Wildman–Crippen LogP) is 5.27. The third kappa shape index (κ3) is 5.36. The number of rotatable bonds is 6. The van der Waals surface area contributed by atoms with E-state index in [4.69, 9.17) is 10.5 Å². The van der Waals surface area contributed by atoms with Gasteiger partial charge in [0.25, 0.3) is 0 Å². The first-order chi connectivity index (χ1) is 18.8. The van der Waals surface area contributed by atoms with Crippen LogP contribution in [-0.4, -0.2) is 53.3 Å². The molecule has 0 bridgehead atoms. The number of anilines is 2. The number of benzene rings is 2. The second-order valence-electron chi connectivity index (χ2n) is 10.7. The fourth-order valence-electron chi connectivity index (χ4n) is 5.48. The predicted molar refractivity (Wildman–Crippen MR) is 150 cm³/mol. The first-order valence-corrected chi connectivity index (χ1v) is 15.4. The van der Waals surface area contributed by atoms with E-state index in [9.17, 15) is 22.5 Å². The van der Waals surface area contributed by atoms with E-state index in [1.165, 1.54) is 20.1 Å². The zero-order valence-corrected chi connectivity index (χ0v) is 23.8. The lowest BCUT2D eigenvalue weighted by Crippen LogP contribution is -2.42. The lowest BCUT2D eigenvalue weighted by atomic mass is 9.96. The minimum absolute atomic E-state index is 0.0157. The van der Waals surface area contributed by atoms with Gasteiger partial charge < -0.3 is 25.3 Å². The average molecular weight is 576 g/mol. The summed E-state index contributed by atoms with van der Waals surface area (Å²) in [4.78, 5) is 23.4. The van der Waals surface area contributed by atoms with Crippen LogP contribution < -0.4 is 21.1 Å². The maximum Gasteiger partial charge on any atom is 0.416 e. The van der Waals surface area contributed by atoms with E-state index in [1.807, 2.05) is 4.90 Å². The van der Waals surface area contributed by atoms with Crippen LogP contribution in [-0.2, 0) is 15.5 Å². The number of aromatic nitrogens is 2. The number of hydrogen-bond donors (Lipinski definition) is 2. The normalized spacial score (nSPS) is 18.0. The van der Waals surface area contributed by atoms with Crippen LogP contribution in [0.25, 0.3) is 10.9 Å². The number of nitrogen functional groups attached to an aromatic ring is 1. The molecular formula is C28H33F3N5O3P. The highest BCUT2D eigenvalue weighted by atomic mass is 31.2. The molecule has 1 aliphatic carbocycles. The van der Waals surface area contributed by atoms with Crippen molar-refractivity contribution in [2.75, 3.05) is 43.6 Å². The van der Waals surface area contributed by atoms with Gasteiger partial charge in [-0.1, -0.05) is 0 Å². The van der Waals surface area contributed by atoms with E-state index in [0.717, 1.165) is 18.9 Å². The minimum Gasteiger partial charge on any atom is -0.496 e. The highest BCUT2D eigenvalue weighted by Gasteiger charge is 2.39. The van der Waals surface area contributed by atoms with Crippen molar-refractivity contribution in [2.24, 2.45) is 5.92 Å². The molecule has 8 nitrogen and oxygen atoms in total. The summed E-state index contributed by atoms with van der Waals surface area (Å²) >= 11 is 0. The molecule has 1 saturated carbocycles. The lowest BCUT2D eigenvalue weighted by Gasteiger charge is -2.33. The van der Waals surface area contributed by atoms with E-state index in [1.54, 1.807) is 26.0 Å². The first-order valence-electron chi connectivity index (χ1n) is 13.3. The largest absolute Gasteiger partial charge is 0.496 e.